The molecule has 1 aliphatic heterocycles. The van der Waals surface area contributed by atoms with Gasteiger partial charge >= 0.3 is 11.9 Å². The minimum atomic E-state index is -1.36. The van der Waals surface area contributed by atoms with Crippen molar-refractivity contribution in [1.29, 1.82) is 0 Å². The number of carbonyl (C=O) groups is 4. The van der Waals surface area contributed by atoms with Crippen LogP contribution in [0.3, 0.4) is 0 Å². The Labute approximate surface area is 145 Å². The average Bonchev–Trinajstić information content (AvgIpc) is 2.92. The molecule has 0 bridgehead atoms. The van der Waals surface area contributed by atoms with Crippen molar-refractivity contribution >= 4 is 23.8 Å². The van der Waals surface area contributed by atoms with Crippen molar-refractivity contribution in [2.75, 3.05) is 13.2 Å². The lowest BCUT2D eigenvalue weighted by Gasteiger charge is -2.16. The van der Waals surface area contributed by atoms with Crippen molar-refractivity contribution in [2.24, 2.45) is 11.8 Å². The molecule has 1 aliphatic rings. The summed E-state index contributed by atoms with van der Waals surface area (Å²) in [7, 11) is 0. The van der Waals surface area contributed by atoms with Crippen LogP contribution in [0.25, 0.3) is 0 Å². The quantitative estimate of drug-likeness (QED) is 0.454. The molecule has 0 radical (unpaired) electrons. The number of ether oxygens (including phenoxy) is 2. The maximum atomic E-state index is 12.6. The van der Waals surface area contributed by atoms with Crippen LogP contribution in [0, 0.1) is 11.8 Å². The van der Waals surface area contributed by atoms with Crippen molar-refractivity contribution in [3.8, 4) is 0 Å². The van der Waals surface area contributed by atoms with E-state index in [2.05, 4.69) is 0 Å². The number of benzene rings is 1. The van der Waals surface area contributed by atoms with Gasteiger partial charge < -0.3 is 9.47 Å². The fourth-order valence-corrected chi connectivity index (χ4v) is 2.68. The molecule has 0 spiro atoms. The van der Waals surface area contributed by atoms with Gasteiger partial charge in [0.2, 0.25) is 5.91 Å². The minimum absolute atomic E-state index is 0.0706. The van der Waals surface area contributed by atoms with Gasteiger partial charge in [0, 0.05) is 12.1 Å². The lowest BCUT2D eigenvalue weighted by molar-refractivity contribution is -0.162. The third kappa shape index (κ3) is 4.04. The van der Waals surface area contributed by atoms with Crippen LogP contribution < -0.4 is 0 Å². The van der Waals surface area contributed by atoms with Crippen molar-refractivity contribution in [3.05, 3.63) is 35.9 Å². The molecule has 0 aromatic heterocycles. The molecular formula is C18H21NO6. The predicted molar refractivity (Wildman–Crippen MR) is 87.3 cm³/mol. The maximum Gasteiger partial charge on any atom is 0.319 e. The molecule has 2 atom stereocenters. The first-order valence-corrected chi connectivity index (χ1v) is 8.14. The molecule has 7 nitrogen and oxygen atoms in total. The van der Waals surface area contributed by atoms with Gasteiger partial charge in [0.15, 0.2) is 5.92 Å². The molecule has 0 unspecified atom stereocenters. The highest BCUT2D eigenvalue weighted by atomic mass is 16.5. The summed E-state index contributed by atoms with van der Waals surface area (Å²) in [5.41, 5.74) is 0.302. The van der Waals surface area contributed by atoms with Gasteiger partial charge in [-0.3, -0.25) is 24.1 Å². The fraction of sp³-hybridized carbons (Fsp3) is 0.444. The summed E-state index contributed by atoms with van der Waals surface area (Å²) in [5.74, 6) is -5.23. The van der Waals surface area contributed by atoms with Crippen LogP contribution in [-0.4, -0.2) is 47.9 Å². The Morgan fingerprint density at radius 3 is 2.36 bits per heavy atom. The molecular weight excluding hydrogens is 326 g/mol. The van der Waals surface area contributed by atoms with Crippen molar-refractivity contribution in [1.82, 2.24) is 4.90 Å². The van der Waals surface area contributed by atoms with Gasteiger partial charge in [-0.1, -0.05) is 18.2 Å². The second-order valence-electron chi connectivity index (χ2n) is 5.94. The van der Waals surface area contributed by atoms with Crippen LogP contribution in [0.2, 0.25) is 0 Å². The standard InChI is InChI=1S/C18H21NO6/c1-4-24-18(23)14-13(17(22)25-11(2)3)10-19(16(14)21)15(20)12-8-6-5-7-9-12/h5-9,11,13-14H,4,10H2,1-3H3/t13-,14+/m0/s1. The Hall–Kier alpha value is -2.70. The van der Waals surface area contributed by atoms with Gasteiger partial charge in [0.25, 0.3) is 5.91 Å². The van der Waals surface area contributed by atoms with E-state index in [1.165, 1.54) is 0 Å². The monoisotopic (exact) mass is 347 g/mol. The molecule has 1 aromatic carbocycles. The normalized spacial score (nSPS) is 19.8. The van der Waals surface area contributed by atoms with Gasteiger partial charge in [-0.25, -0.2) is 0 Å². The summed E-state index contributed by atoms with van der Waals surface area (Å²) in [4.78, 5) is 50.6. The topological polar surface area (TPSA) is 90.0 Å². The number of esters is 2. The summed E-state index contributed by atoms with van der Waals surface area (Å²) in [6, 6.07) is 8.21. The van der Waals surface area contributed by atoms with E-state index in [1.54, 1.807) is 51.1 Å². The molecule has 2 amide bonds. The molecule has 1 aromatic rings. The first-order chi connectivity index (χ1) is 11.9. The van der Waals surface area contributed by atoms with Crippen molar-refractivity contribution in [2.45, 2.75) is 26.9 Å². The molecule has 0 N–H and O–H groups in total. The molecule has 7 heteroatoms. The van der Waals surface area contributed by atoms with Crippen LogP contribution in [-0.2, 0) is 23.9 Å². The van der Waals surface area contributed by atoms with Crippen molar-refractivity contribution < 1.29 is 28.7 Å². The fourth-order valence-electron chi connectivity index (χ4n) is 2.68. The highest BCUT2D eigenvalue weighted by Gasteiger charge is 2.52. The number of amides is 2. The second-order valence-corrected chi connectivity index (χ2v) is 5.94. The molecule has 134 valence electrons. The highest BCUT2D eigenvalue weighted by molar-refractivity contribution is 6.13. The Kier molecular flexibility index (Phi) is 5.90. The first-order valence-electron chi connectivity index (χ1n) is 8.14. The Balaban J connectivity index is 2.29. The van der Waals surface area contributed by atoms with E-state index in [0.29, 0.717) is 5.56 Å². The Morgan fingerprint density at radius 2 is 1.80 bits per heavy atom. The van der Waals surface area contributed by atoms with Gasteiger partial charge in [-0.05, 0) is 32.9 Å². The summed E-state index contributed by atoms with van der Waals surface area (Å²) < 4.78 is 10.0. The zero-order chi connectivity index (χ0) is 18.6. The number of likely N-dealkylation sites (tertiary alicyclic amines) is 1. The third-order valence-corrected chi connectivity index (χ3v) is 3.77. The van der Waals surface area contributed by atoms with Crippen LogP contribution in [0.4, 0.5) is 0 Å². The number of carbonyl (C=O) groups excluding carboxylic acids is 4. The number of nitrogens with zero attached hydrogens (tertiary/aromatic N) is 1. The van der Waals surface area contributed by atoms with Crippen LogP contribution in [0.15, 0.2) is 30.3 Å². The number of imide groups is 1. The number of hydrogen-bond donors (Lipinski definition) is 0. The van der Waals surface area contributed by atoms with Gasteiger partial charge in [-0.15, -0.1) is 0 Å². The van der Waals surface area contributed by atoms with E-state index in [4.69, 9.17) is 9.47 Å². The van der Waals surface area contributed by atoms with Gasteiger partial charge in [0.05, 0.1) is 18.6 Å². The summed E-state index contributed by atoms with van der Waals surface area (Å²) in [6.45, 7) is 4.80. The van der Waals surface area contributed by atoms with E-state index >= 15 is 0 Å². The smallest absolute Gasteiger partial charge is 0.319 e. The largest absolute Gasteiger partial charge is 0.465 e. The van der Waals surface area contributed by atoms with E-state index in [0.717, 1.165) is 4.90 Å². The second kappa shape index (κ2) is 7.92. The summed E-state index contributed by atoms with van der Waals surface area (Å²) in [6.07, 6.45) is -0.399. The molecule has 1 saturated heterocycles. The predicted octanol–water partition coefficient (Wildman–Crippen LogP) is 1.42. The lowest BCUT2D eigenvalue weighted by Crippen LogP contribution is -2.36. The lowest BCUT2D eigenvalue weighted by atomic mass is 9.96. The molecule has 0 aliphatic carbocycles. The van der Waals surface area contributed by atoms with E-state index in [9.17, 15) is 19.2 Å². The van der Waals surface area contributed by atoms with Crippen molar-refractivity contribution in [3.63, 3.8) is 0 Å². The molecule has 1 heterocycles. The zero-order valence-corrected chi connectivity index (χ0v) is 14.4. The van der Waals surface area contributed by atoms with Gasteiger partial charge in [0.1, 0.15) is 0 Å². The van der Waals surface area contributed by atoms with Crippen LogP contribution in [0.1, 0.15) is 31.1 Å². The molecule has 0 saturated carbocycles. The number of hydrogen-bond acceptors (Lipinski definition) is 6. The summed E-state index contributed by atoms with van der Waals surface area (Å²) >= 11 is 0. The number of rotatable bonds is 5. The van der Waals surface area contributed by atoms with Gasteiger partial charge in [-0.2, -0.15) is 0 Å². The molecule has 2 rings (SSSR count). The Bertz CT molecular complexity index is 669. The minimum Gasteiger partial charge on any atom is -0.465 e. The third-order valence-electron chi connectivity index (χ3n) is 3.77. The SMILES string of the molecule is CCOC(=O)[C@H]1C(=O)N(C(=O)c2ccccc2)C[C@@H]1C(=O)OC(C)C. The van der Waals surface area contributed by atoms with E-state index in [-0.39, 0.29) is 13.2 Å². The van der Waals surface area contributed by atoms with Crippen LogP contribution in [0.5, 0.6) is 0 Å². The zero-order valence-electron chi connectivity index (χ0n) is 14.4. The molecule has 25 heavy (non-hydrogen) atoms. The Morgan fingerprint density at radius 1 is 1.16 bits per heavy atom. The average molecular weight is 347 g/mol. The maximum absolute atomic E-state index is 12.6. The van der Waals surface area contributed by atoms with E-state index in [1.807, 2.05) is 0 Å². The molecule has 1 fully saturated rings. The van der Waals surface area contributed by atoms with E-state index < -0.39 is 41.7 Å². The highest BCUT2D eigenvalue weighted by Crippen LogP contribution is 2.29. The van der Waals surface area contributed by atoms with Crippen LogP contribution >= 0.6 is 0 Å². The first kappa shape index (κ1) is 18.6. The summed E-state index contributed by atoms with van der Waals surface area (Å²) in [5, 5.41) is 0.